The fraction of sp³-hybridized carbons (Fsp3) is 0.364. The second kappa shape index (κ2) is 6.11. The van der Waals surface area contributed by atoms with Crippen molar-refractivity contribution in [3.05, 3.63) is 17.9 Å². The summed E-state index contributed by atoms with van der Waals surface area (Å²) in [6.45, 7) is 2.05. The predicted molar refractivity (Wildman–Crippen MR) is 70.9 cm³/mol. The van der Waals surface area contributed by atoms with Crippen LogP contribution >= 0.6 is 11.6 Å². The number of nitrogens with zero attached hydrogens (tertiary/aromatic N) is 6. The minimum absolute atomic E-state index is 0.0651. The van der Waals surface area contributed by atoms with Gasteiger partial charge in [-0.2, -0.15) is 24.7 Å². The van der Waals surface area contributed by atoms with Crippen LogP contribution in [0.5, 0.6) is 0 Å². The van der Waals surface area contributed by atoms with Crippen molar-refractivity contribution in [2.75, 3.05) is 5.32 Å². The van der Waals surface area contributed by atoms with Gasteiger partial charge in [0.05, 0.1) is 6.04 Å². The molecule has 2 aromatic heterocycles. The summed E-state index contributed by atoms with van der Waals surface area (Å²) in [5, 5.41) is 7.02. The highest BCUT2D eigenvalue weighted by Crippen LogP contribution is 2.10. The lowest BCUT2D eigenvalue weighted by Crippen LogP contribution is -2.19. The Morgan fingerprint density at radius 1 is 1.47 bits per heavy atom. The monoisotopic (exact) mass is 277 g/mol. The van der Waals surface area contributed by atoms with E-state index < -0.39 is 0 Å². The van der Waals surface area contributed by atoms with Crippen molar-refractivity contribution < 1.29 is 0 Å². The number of halogens is 1. The van der Waals surface area contributed by atoms with E-state index in [9.17, 15) is 0 Å². The molecule has 7 nitrogen and oxygen atoms in total. The molecule has 0 aliphatic rings. The van der Waals surface area contributed by atoms with E-state index in [1.165, 1.54) is 17.3 Å². The van der Waals surface area contributed by atoms with Gasteiger partial charge in [-0.25, -0.2) is 4.98 Å². The first-order valence-corrected chi connectivity index (χ1v) is 6.10. The highest BCUT2D eigenvalue weighted by atomic mass is 35.5. The maximum absolute atomic E-state index is 5.86. The number of hydrogen-bond donors (Lipinski definition) is 1. The molecule has 98 valence electrons. The van der Waals surface area contributed by atoms with Crippen LogP contribution in [0.3, 0.4) is 0 Å². The third-order valence-corrected chi connectivity index (χ3v) is 2.47. The quantitative estimate of drug-likeness (QED) is 0.830. The number of rotatable bonds is 5. The Balaban J connectivity index is 2.25. The van der Waals surface area contributed by atoms with Gasteiger partial charge in [0.2, 0.25) is 11.2 Å². The molecule has 2 aromatic rings. The molecular formula is C11H12ClN7. The minimum Gasteiger partial charge on any atom is -0.340 e. The normalized spacial score (nSPS) is 11.8. The van der Waals surface area contributed by atoms with E-state index in [1.807, 2.05) is 6.92 Å². The molecule has 0 aromatic carbocycles. The Kier molecular flexibility index (Phi) is 4.26. The summed E-state index contributed by atoms with van der Waals surface area (Å²) >= 11 is 5.86. The summed E-state index contributed by atoms with van der Waals surface area (Å²) in [6, 6.07) is -0.146. The van der Waals surface area contributed by atoms with Crippen LogP contribution in [0, 0.1) is 12.3 Å². The van der Waals surface area contributed by atoms with E-state index >= 15 is 0 Å². The Bertz CT molecular complexity index is 575. The second-order valence-electron chi connectivity index (χ2n) is 3.72. The Morgan fingerprint density at radius 2 is 2.32 bits per heavy atom. The number of terminal acetylenes is 1. The van der Waals surface area contributed by atoms with Gasteiger partial charge < -0.3 is 5.32 Å². The van der Waals surface area contributed by atoms with Gasteiger partial charge in [0, 0.05) is 0 Å². The van der Waals surface area contributed by atoms with Crippen LogP contribution in [0.15, 0.2) is 12.7 Å². The molecule has 2 rings (SSSR count). The molecule has 0 aliphatic heterocycles. The molecule has 0 saturated carbocycles. The molecule has 0 bridgehead atoms. The van der Waals surface area contributed by atoms with Gasteiger partial charge in [-0.05, 0) is 18.0 Å². The summed E-state index contributed by atoms with van der Waals surface area (Å²) in [5.74, 6) is 3.24. The number of hydrogen-bond acceptors (Lipinski definition) is 6. The highest BCUT2D eigenvalue weighted by molar-refractivity contribution is 6.28. The van der Waals surface area contributed by atoms with Gasteiger partial charge in [-0.1, -0.05) is 19.3 Å². The van der Waals surface area contributed by atoms with Gasteiger partial charge >= 0.3 is 0 Å². The Hall–Kier alpha value is -2.20. The standard InChI is InChI=1S/C11H12ClN7/c1-3-5-8(4-2)15-10-16-9(12)17-11(18-10)19-7-13-6-14-19/h2,6-8H,3,5H2,1H3,(H,15,16,17,18). The molecule has 0 radical (unpaired) electrons. The molecule has 1 atom stereocenters. The van der Waals surface area contributed by atoms with Crippen molar-refractivity contribution in [3.8, 4) is 18.3 Å². The summed E-state index contributed by atoms with van der Waals surface area (Å²) in [5.41, 5.74) is 0. The van der Waals surface area contributed by atoms with Crippen molar-refractivity contribution in [3.63, 3.8) is 0 Å². The van der Waals surface area contributed by atoms with Crippen molar-refractivity contribution in [2.24, 2.45) is 0 Å². The Labute approximate surface area is 115 Å². The molecule has 8 heteroatoms. The molecule has 1 unspecified atom stereocenters. The first-order chi connectivity index (χ1) is 9.22. The van der Waals surface area contributed by atoms with Gasteiger partial charge in [0.1, 0.15) is 12.7 Å². The fourth-order valence-electron chi connectivity index (χ4n) is 1.46. The lowest BCUT2D eigenvalue weighted by atomic mass is 10.2. The zero-order valence-corrected chi connectivity index (χ0v) is 11.0. The second-order valence-corrected chi connectivity index (χ2v) is 4.06. The minimum atomic E-state index is -0.146. The molecule has 0 amide bonds. The smallest absolute Gasteiger partial charge is 0.258 e. The van der Waals surface area contributed by atoms with Crippen LogP contribution in [0.25, 0.3) is 5.95 Å². The first kappa shape index (κ1) is 13.2. The number of aromatic nitrogens is 6. The molecule has 0 fully saturated rings. The summed E-state index contributed by atoms with van der Waals surface area (Å²) in [6.07, 6.45) is 10.1. The first-order valence-electron chi connectivity index (χ1n) is 5.72. The van der Waals surface area contributed by atoms with E-state index in [4.69, 9.17) is 18.0 Å². The van der Waals surface area contributed by atoms with Gasteiger partial charge in [0.15, 0.2) is 0 Å². The fourth-order valence-corrected chi connectivity index (χ4v) is 1.62. The molecule has 0 spiro atoms. The summed E-state index contributed by atoms with van der Waals surface area (Å²) in [4.78, 5) is 16.0. The highest BCUT2D eigenvalue weighted by Gasteiger charge is 2.10. The van der Waals surface area contributed by atoms with Crippen molar-refractivity contribution in [2.45, 2.75) is 25.8 Å². The number of anilines is 1. The zero-order valence-electron chi connectivity index (χ0n) is 10.3. The van der Waals surface area contributed by atoms with Crippen LogP contribution in [-0.4, -0.2) is 35.8 Å². The van der Waals surface area contributed by atoms with Crippen LogP contribution in [0.1, 0.15) is 19.8 Å². The van der Waals surface area contributed by atoms with Gasteiger partial charge in [0.25, 0.3) is 5.95 Å². The zero-order chi connectivity index (χ0) is 13.7. The third-order valence-electron chi connectivity index (χ3n) is 2.30. The molecule has 0 aliphatic carbocycles. The van der Waals surface area contributed by atoms with Crippen LogP contribution in [0.2, 0.25) is 5.28 Å². The Morgan fingerprint density at radius 3 is 2.95 bits per heavy atom. The van der Waals surface area contributed by atoms with Crippen LogP contribution in [-0.2, 0) is 0 Å². The average Bonchev–Trinajstić information content (AvgIpc) is 2.91. The summed E-state index contributed by atoms with van der Waals surface area (Å²) < 4.78 is 1.39. The van der Waals surface area contributed by atoms with Crippen molar-refractivity contribution in [1.29, 1.82) is 0 Å². The molecule has 1 N–H and O–H groups in total. The van der Waals surface area contributed by atoms with E-state index in [0.29, 0.717) is 5.95 Å². The predicted octanol–water partition coefficient (Wildman–Crippen LogP) is 1.32. The van der Waals surface area contributed by atoms with Crippen molar-refractivity contribution >= 4 is 17.5 Å². The lowest BCUT2D eigenvalue weighted by Gasteiger charge is -2.12. The van der Waals surface area contributed by atoms with Crippen LogP contribution in [0.4, 0.5) is 5.95 Å². The molecule has 19 heavy (non-hydrogen) atoms. The summed E-state index contributed by atoms with van der Waals surface area (Å²) in [7, 11) is 0. The van der Waals surface area contributed by atoms with Crippen LogP contribution < -0.4 is 5.32 Å². The van der Waals surface area contributed by atoms with E-state index in [2.05, 4.69) is 36.3 Å². The number of nitrogens with one attached hydrogen (secondary N) is 1. The third kappa shape index (κ3) is 3.39. The average molecular weight is 278 g/mol. The maximum Gasteiger partial charge on any atom is 0.258 e. The maximum atomic E-state index is 5.86. The van der Waals surface area contributed by atoms with E-state index in [-0.39, 0.29) is 17.3 Å². The van der Waals surface area contributed by atoms with E-state index in [0.717, 1.165) is 12.8 Å². The largest absolute Gasteiger partial charge is 0.340 e. The topological polar surface area (TPSA) is 81.4 Å². The lowest BCUT2D eigenvalue weighted by molar-refractivity contribution is 0.739. The van der Waals surface area contributed by atoms with E-state index in [1.54, 1.807) is 0 Å². The van der Waals surface area contributed by atoms with Gasteiger partial charge in [-0.15, -0.1) is 6.42 Å². The molecule has 2 heterocycles. The SMILES string of the molecule is C#CC(CCC)Nc1nc(Cl)nc(-n2cncn2)n1. The van der Waals surface area contributed by atoms with Crippen molar-refractivity contribution in [1.82, 2.24) is 29.7 Å². The molecular weight excluding hydrogens is 266 g/mol. The molecule has 0 saturated heterocycles. The van der Waals surface area contributed by atoms with Gasteiger partial charge in [-0.3, -0.25) is 0 Å².